The van der Waals surface area contributed by atoms with Gasteiger partial charge in [0.1, 0.15) is 0 Å². The van der Waals surface area contributed by atoms with Crippen LogP contribution in [0.2, 0.25) is 0 Å². The van der Waals surface area contributed by atoms with E-state index in [9.17, 15) is 9.59 Å². The highest BCUT2D eigenvalue weighted by Crippen LogP contribution is 2.19. The molecule has 2 amide bonds. The number of hydrogen-bond donors (Lipinski definition) is 2. The number of carbonyl (C=O) groups is 2. The molecule has 0 saturated carbocycles. The van der Waals surface area contributed by atoms with Crippen LogP contribution in [0.15, 0.2) is 48.5 Å². The van der Waals surface area contributed by atoms with Crippen LogP contribution in [0, 0.1) is 3.57 Å². The lowest BCUT2D eigenvalue weighted by atomic mass is 10.2. The number of anilines is 1. The van der Waals surface area contributed by atoms with E-state index in [1.165, 1.54) is 17.2 Å². The molecule has 0 spiro atoms. The molecule has 0 aliphatic carbocycles. The van der Waals surface area contributed by atoms with Gasteiger partial charge < -0.3 is 15.5 Å². The summed E-state index contributed by atoms with van der Waals surface area (Å²) < 4.78 is 0.861. The zero-order valence-corrected chi connectivity index (χ0v) is 17.9. The zero-order chi connectivity index (χ0) is 19.1. The Kier molecular flexibility index (Phi) is 7.40. The molecule has 0 aromatic heterocycles. The van der Waals surface area contributed by atoms with Crippen molar-refractivity contribution in [2.24, 2.45) is 0 Å². The van der Waals surface area contributed by atoms with Gasteiger partial charge in [0.25, 0.3) is 5.91 Å². The first-order chi connectivity index (χ1) is 13.1. The van der Waals surface area contributed by atoms with Crippen LogP contribution in [0.25, 0.3) is 0 Å². The van der Waals surface area contributed by atoms with Crippen molar-refractivity contribution in [3.63, 3.8) is 0 Å². The number of nitrogens with zero attached hydrogens (tertiary/aromatic N) is 1. The van der Waals surface area contributed by atoms with Crippen LogP contribution >= 0.6 is 34.4 Å². The lowest BCUT2D eigenvalue weighted by molar-refractivity contribution is -0.120. The molecule has 0 unspecified atom stereocenters. The van der Waals surface area contributed by atoms with Gasteiger partial charge in [-0.25, -0.2) is 0 Å². The summed E-state index contributed by atoms with van der Waals surface area (Å²) in [5, 5.41) is 5.51. The van der Waals surface area contributed by atoms with Gasteiger partial charge in [0, 0.05) is 40.4 Å². The van der Waals surface area contributed by atoms with Crippen LogP contribution in [0.3, 0.4) is 0 Å². The lowest BCUT2D eigenvalue weighted by Crippen LogP contribution is -2.36. The molecule has 1 fully saturated rings. The molecule has 5 nitrogen and oxygen atoms in total. The third-order valence-corrected chi connectivity index (χ3v) is 6.21. The maximum atomic E-state index is 12.1. The van der Waals surface area contributed by atoms with Crippen molar-refractivity contribution in [1.82, 2.24) is 10.6 Å². The first-order valence-electron chi connectivity index (χ1n) is 8.84. The third-order valence-electron chi connectivity index (χ3n) is 4.33. The van der Waals surface area contributed by atoms with Crippen LogP contribution in [0.5, 0.6) is 0 Å². The number of nitrogens with one attached hydrogen (secondary N) is 2. The van der Waals surface area contributed by atoms with E-state index in [4.69, 9.17) is 0 Å². The number of rotatable bonds is 6. The molecule has 1 aliphatic heterocycles. The quantitative estimate of drug-likeness (QED) is 0.606. The van der Waals surface area contributed by atoms with E-state index in [0.29, 0.717) is 12.1 Å². The molecule has 2 aromatic rings. The average molecular weight is 495 g/mol. The fourth-order valence-corrected chi connectivity index (χ4v) is 4.35. The van der Waals surface area contributed by atoms with E-state index in [1.807, 2.05) is 42.1 Å². The summed E-state index contributed by atoms with van der Waals surface area (Å²) >= 11 is 4.10. The molecular formula is C20H22IN3O2S. The van der Waals surface area contributed by atoms with Gasteiger partial charge in [-0.15, -0.1) is 0 Å². The molecule has 142 valence electrons. The Hall–Kier alpha value is -1.74. The average Bonchev–Trinajstić information content (AvgIpc) is 2.72. The van der Waals surface area contributed by atoms with Crippen LogP contribution < -0.4 is 15.5 Å². The molecular weight excluding hydrogens is 473 g/mol. The number of halogens is 1. The van der Waals surface area contributed by atoms with Gasteiger partial charge in [-0.3, -0.25) is 9.59 Å². The summed E-state index contributed by atoms with van der Waals surface area (Å²) in [4.78, 5) is 26.5. The maximum absolute atomic E-state index is 12.1. The molecule has 7 heteroatoms. The Morgan fingerprint density at radius 3 is 2.41 bits per heavy atom. The molecule has 3 rings (SSSR count). The van der Waals surface area contributed by atoms with Crippen molar-refractivity contribution in [2.45, 2.75) is 6.54 Å². The number of benzene rings is 2. The minimum Gasteiger partial charge on any atom is -0.370 e. The Bertz CT molecular complexity index is 792. The fourth-order valence-electron chi connectivity index (χ4n) is 2.81. The Balaban J connectivity index is 1.43. The standard InChI is InChI=1S/C20H22IN3O2S/c21-18-4-2-1-3-17(18)20(26)23-14-19(25)22-13-15-5-7-16(8-6-15)24-9-11-27-12-10-24/h1-8H,9-14H2,(H,22,25)(H,23,26). The number of thioether (sulfide) groups is 1. The van der Waals surface area contributed by atoms with Gasteiger partial charge in [0.05, 0.1) is 12.1 Å². The van der Waals surface area contributed by atoms with Crippen LogP contribution in [-0.4, -0.2) is 43.0 Å². The lowest BCUT2D eigenvalue weighted by Gasteiger charge is -2.28. The summed E-state index contributed by atoms with van der Waals surface area (Å²) in [7, 11) is 0. The van der Waals surface area contributed by atoms with Crippen molar-refractivity contribution < 1.29 is 9.59 Å². The Labute approximate surface area is 177 Å². The van der Waals surface area contributed by atoms with Gasteiger partial charge in [0.2, 0.25) is 5.91 Å². The van der Waals surface area contributed by atoms with Crippen molar-refractivity contribution in [3.8, 4) is 0 Å². The Morgan fingerprint density at radius 1 is 1.00 bits per heavy atom. The molecule has 1 saturated heterocycles. The zero-order valence-electron chi connectivity index (χ0n) is 14.9. The van der Waals surface area contributed by atoms with Crippen LogP contribution in [0.4, 0.5) is 5.69 Å². The maximum Gasteiger partial charge on any atom is 0.252 e. The molecule has 0 atom stereocenters. The Morgan fingerprint density at radius 2 is 1.70 bits per heavy atom. The monoisotopic (exact) mass is 495 g/mol. The highest BCUT2D eigenvalue weighted by Gasteiger charge is 2.12. The summed E-state index contributed by atoms with van der Waals surface area (Å²) in [6.07, 6.45) is 0. The second kappa shape index (κ2) is 9.98. The van der Waals surface area contributed by atoms with E-state index < -0.39 is 0 Å². The van der Waals surface area contributed by atoms with Crippen LogP contribution in [0.1, 0.15) is 15.9 Å². The SMILES string of the molecule is O=C(CNC(=O)c1ccccc1I)NCc1ccc(N2CCSCC2)cc1. The van der Waals surface area contributed by atoms with Gasteiger partial charge in [-0.2, -0.15) is 11.8 Å². The van der Waals surface area contributed by atoms with E-state index >= 15 is 0 Å². The molecule has 1 aliphatic rings. The number of amides is 2. The van der Waals surface area contributed by atoms with Gasteiger partial charge in [-0.05, 0) is 52.4 Å². The highest BCUT2D eigenvalue weighted by atomic mass is 127. The smallest absolute Gasteiger partial charge is 0.252 e. The summed E-state index contributed by atoms with van der Waals surface area (Å²) in [5.74, 6) is 1.91. The fraction of sp³-hybridized carbons (Fsp3) is 0.300. The summed E-state index contributed by atoms with van der Waals surface area (Å²) in [5.41, 5.74) is 2.86. The predicted molar refractivity (Wildman–Crippen MR) is 119 cm³/mol. The molecule has 1 heterocycles. The number of hydrogen-bond acceptors (Lipinski definition) is 4. The van der Waals surface area contributed by atoms with E-state index in [0.717, 1.165) is 22.2 Å². The van der Waals surface area contributed by atoms with Gasteiger partial charge in [-0.1, -0.05) is 24.3 Å². The first-order valence-corrected chi connectivity index (χ1v) is 11.1. The second-order valence-electron chi connectivity index (χ2n) is 6.21. The van der Waals surface area contributed by atoms with Gasteiger partial charge >= 0.3 is 0 Å². The second-order valence-corrected chi connectivity index (χ2v) is 8.59. The van der Waals surface area contributed by atoms with E-state index in [2.05, 4.69) is 50.3 Å². The summed E-state index contributed by atoms with van der Waals surface area (Å²) in [6, 6.07) is 15.6. The topological polar surface area (TPSA) is 61.4 Å². The summed E-state index contributed by atoms with van der Waals surface area (Å²) in [6.45, 7) is 2.59. The normalized spacial score (nSPS) is 13.9. The van der Waals surface area contributed by atoms with Crippen LogP contribution in [-0.2, 0) is 11.3 Å². The van der Waals surface area contributed by atoms with Gasteiger partial charge in [0.15, 0.2) is 0 Å². The minimum absolute atomic E-state index is 0.0344. The molecule has 2 aromatic carbocycles. The van der Waals surface area contributed by atoms with E-state index in [-0.39, 0.29) is 18.4 Å². The van der Waals surface area contributed by atoms with Crippen molar-refractivity contribution in [3.05, 3.63) is 63.2 Å². The minimum atomic E-state index is -0.237. The molecule has 0 bridgehead atoms. The predicted octanol–water partition coefficient (Wildman–Crippen LogP) is 2.89. The largest absolute Gasteiger partial charge is 0.370 e. The molecule has 2 N–H and O–H groups in total. The molecule has 27 heavy (non-hydrogen) atoms. The molecule has 0 radical (unpaired) electrons. The first kappa shape index (κ1) is 20.0. The van der Waals surface area contributed by atoms with Crippen molar-refractivity contribution in [1.29, 1.82) is 0 Å². The highest BCUT2D eigenvalue weighted by molar-refractivity contribution is 14.1. The van der Waals surface area contributed by atoms with E-state index in [1.54, 1.807) is 6.07 Å². The van der Waals surface area contributed by atoms with Crippen molar-refractivity contribution in [2.75, 3.05) is 36.0 Å². The number of carbonyl (C=O) groups excluding carboxylic acids is 2. The third kappa shape index (κ3) is 5.87. The van der Waals surface area contributed by atoms with Crippen molar-refractivity contribution >= 4 is 51.9 Å².